The number of rotatable bonds is 4. The van der Waals surface area contributed by atoms with Gasteiger partial charge in [0.05, 0.1) is 11.1 Å². The Balaban J connectivity index is 1.13. The van der Waals surface area contributed by atoms with Crippen molar-refractivity contribution in [1.29, 1.82) is 0 Å². The Hall–Kier alpha value is -7.98. The van der Waals surface area contributed by atoms with Crippen molar-refractivity contribution in [1.82, 2.24) is 0 Å². The van der Waals surface area contributed by atoms with Crippen LogP contribution in [0.4, 0.5) is 17.1 Å². The third-order valence-corrected chi connectivity index (χ3v) is 14.9. The number of hydrogen-bond acceptors (Lipinski definition) is 3. The zero-order valence-electron chi connectivity index (χ0n) is 35.5. The fraction of sp³-hybridized carbons (Fsp3) is 0.0323. The molecule has 0 N–H and O–H groups in total. The van der Waals surface area contributed by atoms with Crippen molar-refractivity contribution in [3.8, 4) is 33.4 Å². The molecule has 306 valence electrons. The first-order valence-corrected chi connectivity index (χ1v) is 23.1. The summed E-state index contributed by atoms with van der Waals surface area (Å²) in [6, 6.07) is 73.5. The predicted molar refractivity (Wildman–Crippen MR) is 276 cm³/mol. The first-order valence-electron chi connectivity index (χ1n) is 22.3. The summed E-state index contributed by atoms with van der Waals surface area (Å²) < 4.78 is 9.21. The van der Waals surface area contributed by atoms with Gasteiger partial charge in [0.15, 0.2) is 0 Å². The van der Waals surface area contributed by atoms with Crippen LogP contribution in [0.2, 0.25) is 0 Å². The summed E-state index contributed by atoms with van der Waals surface area (Å²) in [5, 5.41) is 4.84. The molecule has 2 nitrogen and oxygen atoms in total. The zero-order valence-corrected chi connectivity index (χ0v) is 36.4. The summed E-state index contributed by atoms with van der Waals surface area (Å²) in [5.41, 5.74) is 17.6. The van der Waals surface area contributed by atoms with E-state index in [1.54, 1.807) is 0 Å². The number of fused-ring (bicyclic) bond motifs is 15. The Morgan fingerprint density at radius 3 is 2.00 bits per heavy atom. The van der Waals surface area contributed by atoms with Crippen molar-refractivity contribution in [2.45, 2.75) is 11.8 Å². The van der Waals surface area contributed by atoms with E-state index in [4.69, 9.17) is 4.42 Å². The highest BCUT2D eigenvalue weighted by molar-refractivity contribution is 7.25. The molecular weight excluding hydrogens is 807 g/mol. The largest absolute Gasteiger partial charge is 0.456 e. The smallest absolute Gasteiger partial charge is 0.137 e. The second-order valence-corrected chi connectivity index (χ2v) is 18.3. The molecule has 0 saturated heterocycles. The van der Waals surface area contributed by atoms with Crippen molar-refractivity contribution in [2.24, 2.45) is 0 Å². The lowest BCUT2D eigenvalue weighted by Gasteiger charge is -2.36. The summed E-state index contributed by atoms with van der Waals surface area (Å²) >= 11 is 1.89. The average molecular weight is 848 g/mol. The van der Waals surface area contributed by atoms with Crippen LogP contribution in [0.15, 0.2) is 235 Å². The van der Waals surface area contributed by atoms with Gasteiger partial charge in [-0.25, -0.2) is 0 Å². The number of benzene rings is 9. The molecular formula is C62H41NOS. The number of anilines is 3. The molecule has 1 atom stereocenters. The standard InChI is InChI=1S/C62H41NOS/c1-40-18-4-3-17-35-62(54-27-13-9-24-47(54)52-39-61-53(38-56(52)62)50-26-12-16-30-60(50)65-61)55-34-32-42(36-51(55)46-23-8-7-21-44(40)46)63(57-28-14-10-22-45(57)41-19-5-2-6-20-41)43-31-33-49-48-25-11-15-29-58(48)64-59(49)37-43/h2-34,36-39H,1,35H2/b17-3-,18-4-. The van der Waals surface area contributed by atoms with Crippen LogP contribution < -0.4 is 4.90 Å². The molecule has 0 fully saturated rings. The van der Waals surface area contributed by atoms with Gasteiger partial charge >= 0.3 is 0 Å². The topological polar surface area (TPSA) is 16.4 Å². The fourth-order valence-electron chi connectivity index (χ4n) is 10.9. The van der Waals surface area contributed by atoms with Crippen molar-refractivity contribution in [3.63, 3.8) is 0 Å². The van der Waals surface area contributed by atoms with Crippen LogP contribution in [-0.4, -0.2) is 0 Å². The van der Waals surface area contributed by atoms with Gasteiger partial charge in [-0.1, -0.05) is 170 Å². The number of furan rings is 1. The fourth-order valence-corrected chi connectivity index (χ4v) is 12.0. The van der Waals surface area contributed by atoms with Crippen molar-refractivity contribution in [3.05, 3.63) is 253 Å². The number of para-hydroxylation sites is 2. The highest BCUT2D eigenvalue weighted by atomic mass is 32.1. The van der Waals surface area contributed by atoms with E-state index in [2.05, 4.69) is 230 Å². The van der Waals surface area contributed by atoms with E-state index in [1.807, 2.05) is 17.4 Å². The Labute approximate surface area is 382 Å². The minimum absolute atomic E-state index is 0.514. The van der Waals surface area contributed by atoms with Gasteiger partial charge in [-0.15, -0.1) is 11.3 Å². The predicted octanol–water partition coefficient (Wildman–Crippen LogP) is 17.6. The number of hydrogen-bond donors (Lipinski definition) is 0. The normalized spacial score (nSPS) is 16.3. The maximum atomic E-state index is 6.58. The molecule has 9 aromatic carbocycles. The van der Waals surface area contributed by atoms with Crippen molar-refractivity contribution >= 4 is 76.1 Å². The summed E-state index contributed by atoms with van der Waals surface area (Å²) in [6.07, 6.45) is 9.66. The highest BCUT2D eigenvalue weighted by Gasteiger charge is 2.46. The monoisotopic (exact) mass is 847 g/mol. The second kappa shape index (κ2) is 14.8. The minimum atomic E-state index is -0.514. The molecule has 11 aromatic rings. The van der Waals surface area contributed by atoms with E-state index in [0.717, 1.165) is 73.2 Å². The van der Waals surface area contributed by atoms with Crippen LogP contribution in [0.5, 0.6) is 0 Å². The van der Waals surface area contributed by atoms with Crippen LogP contribution in [0.1, 0.15) is 28.7 Å². The molecule has 0 saturated carbocycles. The van der Waals surface area contributed by atoms with Gasteiger partial charge in [-0.3, -0.25) is 0 Å². The highest BCUT2D eigenvalue weighted by Crippen LogP contribution is 2.59. The summed E-state index contributed by atoms with van der Waals surface area (Å²) in [6.45, 7) is 4.66. The van der Waals surface area contributed by atoms with E-state index < -0.39 is 5.41 Å². The molecule has 0 bridgehead atoms. The van der Waals surface area contributed by atoms with Crippen molar-refractivity contribution < 1.29 is 4.42 Å². The van der Waals surface area contributed by atoms with Crippen LogP contribution >= 0.6 is 11.3 Å². The third kappa shape index (κ3) is 5.79. The molecule has 2 aromatic heterocycles. The van der Waals surface area contributed by atoms with E-state index in [0.29, 0.717) is 0 Å². The van der Waals surface area contributed by atoms with E-state index in [9.17, 15) is 0 Å². The lowest BCUT2D eigenvalue weighted by molar-refractivity contribution is 0.647. The minimum Gasteiger partial charge on any atom is -0.456 e. The van der Waals surface area contributed by atoms with E-state index in [-0.39, 0.29) is 0 Å². The third-order valence-electron chi connectivity index (χ3n) is 13.8. The SMILES string of the molecule is C=C1/C=C\C=C/CC2(c3ccc(N(c4ccc5c(c4)oc4ccccc45)c4ccccc4-c4ccccc4)cc3-c3ccccc31)c1ccccc1-c1cc3sc4ccccc4c3cc12. The first-order chi connectivity index (χ1) is 32.1. The first kappa shape index (κ1) is 37.6. The van der Waals surface area contributed by atoms with Gasteiger partial charge in [0.25, 0.3) is 0 Å². The van der Waals surface area contributed by atoms with Gasteiger partial charge in [0, 0.05) is 53.9 Å². The maximum absolute atomic E-state index is 6.58. The Kier molecular flexibility index (Phi) is 8.56. The second-order valence-electron chi connectivity index (χ2n) is 17.2. The van der Waals surface area contributed by atoms with Gasteiger partial charge in [-0.2, -0.15) is 0 Å². The quantitative estimate of drug-likeness (QED) is 0.175. The lowest BCUT2D eigenvalue weighted by atomic mass is 9.67. The molecule has 2 aliphatic carbocycles. The van der Waals surface area contributed by atoms with Crippen LogP contribution in [0.25, 0.3) is 81.1 Å². The van der Waals surface area contributed by atoms with Crippen molar-refractivity contribution in [2.75, 3.05) is 4.90 Å². The molecule has 1 spiro atoms. The van der Waals surface area contributed by atoms with Gasteiger partial charge in [0.1, 0.15) is 11.2 Å². The Bertz CT molecular complexity index is 3790. The molecule has 3 heteroatoms. The molecule has 0 radical (unpaired) electrons. The zero-order chi connectivity index (χ0) is 43.1. The van der Waals surface area contributed by atoms with E-state index in [1.165, 1.54) is 53.6 Å². The molecule has 0 amide bonds. The van der Waals surface area contributed by atoms with Gasteiger partial charge in [-0.05, 0) is 117 Å². The number of allylic oxidation sites excluding steroid dienone is 5. The van der Waals surface area contributed by atoms with Gasteiger partial charge < -0.3 is 9.32 Å². The van der Waals surface area contributed by atoms with Crippen LogP contribution in [0, 0.1) is 0 Å². The molecule has 2 heterocycles. The van der Waals surface area contributed by atoms with Gasteiger partial charge in [0.2, 0.25) is 0 Å². The summed E-state index contributed by atoms with van der Waals surface area (Å²) in [7, 11) is 0. The molecule has 0 aliphatic heterocycles. The van der Waals surface area contributed by atoms with E-state index >= 15 is 0 Å². The molecule has 13 rings (SSSR count). The maximum Gasteiger partial charge on any atom is 0.137 e. The summed E-state index contributed by atoms with van der Waals surface area (Å²) in [5.74, 6) is 0. The Morgan fingerprint density at radius 1 is 0.446 bits per heavy atom. The Morgan fingerprint density at radius 2 is 1.11 bits per heavy atom. The molecule has 1 unspecified atom stereocenters. The van der Waals surface area contributed by atoms with Crippen LogP contribution in [0.3, 0.4) is 0 Å². The average Bonchev–Trinajstić information content (AvgIpc) is 4.01. The molecule has 2 aliphatic rings. The van der Waals surface area contributed by atoms with Crippen LogP contribution in [-0.2, 0) is 5.41 Å². The lowest BCUT2D eigenvalue weighted by Crippen LogP contribution is -2.27. The number of nitrogens with zero attached hydrogens (tertiary/aromatic N) is 1. The number of thiophene rings is 1. The molecule has 65 heavy (non-hydrogen) atoms. The summed E-state index contributed by atoms with van der Waals surface area (Å²) in [4.78, 5) is 2.42.